The lowest BCUT2D eigenvalue weighted by molar-refractivity contribution is -0.122. The number of amides is 2. The predicted molar refractivity (Wildman–Crippen MR) is 122 cm³/mol. The van der Waals surface area contributed by atoms with Crippen LogP contribution in [0.4, 0.5) is 4.79 Å². The van der Waals surface area contributed by atoms with Gasteiger partial charge in [-0.05, 0) is 60.2 Å². The number of imide groups is 1. The lowest BCUT2D eigenvalue weighted by atomic mass is 10.1. The van der Waals surface area contributed by atoms with Crippen molar-refractivity contribution in [3.05, 3.63) is 63.0 Å². The Hall–Kier alpha value is -3.41. The molecule has 1 aliphatic heterocycles. The van der Waals surface area contributed by atoms with Crippen LogP contribution in [-0.2, 0) is 11.4 Å². The van der Waals surface area contributed by atoms with E-state index < -0.39 is 17.1 Å². The van der Waals surface area contributed by atoms with Crippen molar-refractivity contribution in [2.45, 2.75) is 13.5 Å². The highest BCUT2D eigenvalue weighted by molar-refractivity contribution is 8.18. The van der Waals surface area contributed by atoms with E-state index in [9.17, 15) is 14.4 Å². The molecule has 2 amide bonds. The number of carboxylic acid groups (broad SMARTS) is 1. The Morgan fingerprint density at radius 2 is 2.06 bits per heavy atom. The molecule has 0 atom stereocenters. The van der Waals surface area contributed by atoms with Crippen LogP contribution >= 0.6 is 23.4 Å². The van der Waals surface area contributed by atoms with E-state index in [1.807, 2.05) is 0 Å². The van der Waals surface area contributed by atoms with Crippen LogP contribution in [0.3, 0.4) is 0 Å². The zero-order valence-corrected chi connectivity index (χ0v) is 18.5. The number of hydrogen-bond donors (Lipinski definition) is 1. The van der Waals surface area contributed by atoms with Gasteiger partial charge in [0.25, 0.3) is 11.1 Å². The Labute approximate surface area is 193 Å². The van der Waals surface area contributed by atoms with Gasteiger partial charge in [-0.25, -0.2) is 4.79 Å². The lowest BCUT2D eigenvalue weighted by Crippen LogP contribution is -2.28. The molecule has 0 aromatic heterocycles. The molecule has 3 rings (SSSR count). The second kappa shape index (κ2) is 10.3. The van der Waals surface area contributed by atoms with Crippen LogP contribution in [0.1, 0.15) is 28.4 Å². The molecule has 1 fully saturated rings. The highest BCUT2D eigenvalue weighted by Crippen LogP contribution is 2.39. The number of carboxylic acids is 1. The van der Waals surface area contributed by atoms with Gasteiger partial charge < -0.3 is 14.6 Å². The van der Waals surface area contributed by atoms with E-state index in [0.29, 0.717) is 23.5 Å². The number of carbonyl (C=O) groups excluding carboxylic acids is 2. The number of halogens is 1. The number of carbonyl (C=O) groups is 3. The first-order chi connectivity index (χ1) is 15.3. The van der Waals surface area contributed by atoms with E-state index in [4.69, 9.17) is 32.6 Å². The molecule has 7 nitrogen and oxygen atoms in total. The Kier molecular flexibility index (Phi) is 7.46. The van der Waals surface area contributed by atoms with Gasteiger partial charge in [0.05, 0.1) is 28.6 Å². The molecule has 1 saturated heterocycles. The average Bonchev–Trinajstić information content (AvgIpc) is 3.01. The molecule has 0 radical (unpaired) electrons. The van der Waals surface area contributed by atoms with Crippen LogP contribution in [0.25, 0.3) is 6.08 Å². The molecule has 0 aliphatic carbocycles. The molecule has 0 unspecified atom stereocenters. The van der Waals surface area contributed by atoms with Gasteiger partial charge in [-0.2, -0.15) is 0 Å². The topological polar surface area (TPSA) is 93.1 Å². The zero-order chi connectivity index (χ0) is 23.3. The van der Waals surface area contributed by atoms with Crippen LogP contribution in [0.15, 0.2) is 41.3 Å². The smallest absolute Gasteiger partial charge is 0.335 e. The van der Waals surface area contributed by atoms with Crippen molar-refractivity contribution in [3.63, 3.8) is 0 Å². The van der Waals surface area contributed by atoms with E-state index >= 15 is 0 Å². The third-order valence-electron chi connectivity index (χ3n) is 4.31. The molecule has 0 spiro atoms. The van der Waals surface area contributed by atoms with Gasteiger partial charge in [-0.3, -0.25) is 14.5 Å². The summed E-state index contributed by atoms with van der Waals surface area (Å²) in [5.41, 5.74) is 1.34. The first-order valence-corrected chi connectivity index (χ1v) is 10.6. The first-order valence-electron chi connectivity index (χ1n) is 9.44. The van der Waals surface area contributed by atoms with Crippen LogP contribution in [0, 0.1) is 12.3 Å². The minimum Gasteiger partial charge on any atom is -0.490 e. The lowest BCUT2D eigenvalue weighted by Gasteiger charge is -2.15. The summed E-state index contributed by atoms with van der Waals surface area (Å²) >= 11 is 7.22. The van der Waals surface area contributed by atoms with Crippen molar-refractivity contribution < 1.29 is 29.0 Å². The average molecular weight is 472 g/mol. The van der Waals surface area contributed by atoms with Gasteiger partial charge in [0.15, 0.2) is 11.5 Å². The van der Waals surface area contributed by atoms with Crippen molar-refractivity contribution in [2.24, 2.45) is 0 Å². The van der Waals surface area contributed by atoms with Gasteiger partial charge in [-0.1, -0.05) is 29.7 Å². The largest absolute Gasteiger partial charge is 0.490 e. The third kappa shape index (κ3) is 5.25. The molecular formula is C23H18ClNO6S. The summed E-state index contributed by atoms with van der Waals surface area (Å²) in [6.07, 6.45) is 6.75. The maximum Gasteiger partial charge on any atom is 0.335 e. The summed E-state index contributed by atoms with van der Waals surface area (Å²) in [5, 5.41) is 8.94. The SMILES string of the molecule is C#CCN1C(=O)S/C(=C/c2cc(Cl)c(OCc3cccc(C(=O)O)c3)c(OCC)c2)C1=O. The highest BCUT2D eigenvalue weighted by Gasteiger charge is 2.34. The van der Waals surface area contributed by atoms with Gasteiger partial charge in [-0.15, -0.1) is 6.42 Å². The second-order valence-electron chi connectivity index (χ2n) is 6.53. The van der Waals surface area contributed by atoms with E-state index in [0.717, 1.165) is 16.7 Å². The summed E-state index contributed by atoms with van der Waals surface area (Å²) in [6, 6.07) is 9.60. The van der Waals surface area contributed by atoms with Gasteiger partial charge in [0, 0.05) is 0 Å². The molecule has 1 N–H and O–H groups in total. The Balaban J connectivity index is 1.86. The Morgan fingerprint density at radius 3 is 2.75 bits per heavy atom. The van der Waals surface area contributed by atoms with Gasteiger partial charge in [0.2, 0.25) is 0 Å². The maximum absolute atomic E-state index is 12.4. The number of thioether (sulfide) groups is 1. The molecule has 0 bridgehead atoms. The van der Waals surface area contributed by atoms with Gasteiger partial charge in [0.1, 0.15) is 6.61 Å². The van der Waals surface area contributed by atoms with E-state index in [1.54, 1.807) is 31.2 Å². The van der Waals surface area contributed by atoms with E-state index in [1.165, 1.54) is 18.2 Å². The number of hydrogen-bond acceptors (Lipinski definition) is 6. The minimum atomic E-state index is -1.03. The van der Waals surface area contributed by atoms with Crippen LogP contribution in [0.5, 0.6) is 11.5 Å². The van der Waals surface area contributed by atoms with Gasteiger partial charge >= 0.3 is 5.97 Å². The van der Waals surface area contributed by atoms with Crippen molar-refractivity contribution in [3.8, 4) is 23.8 Å². The molecule has 1 aliphatic rings. The summed E-state index contributed by atoms with van der Waals surface area (Å²) in [6.45, 7) is 2.11. The summed E-state index contributed by atoms with van der Waals surface area (Å²) in [7, 11) is 0. The fourth-order valence-electron chi connectivity index (χ4n) is 2.90. The number of aromatic carboxylic acids is 1. The van der Waals surface area contributed by atoms with Crippen LogP contribution in [0.2, 0.25) is 5.02 Å². The number of benzene rings is 2. The fourth-order valence-corrected chi connectivity index (χ4v) is 4.01. The predicted octanol–water partition coefficient (Wildman–Crippen LogP) is 4.69. The molecule has 2 aromatic carbocycles. The first kappa shape index (κ1) is 23.3. The fraction of sp³-hybridized carbons (Fsp3) is 0.174. The van der Waals surface area contributed by atoms with Crippen molar-refractivity contribution in [2.75, 3.05) is 13.2 Å². The zero-order valence-electron chi connectivity index (χ0n) is 17.0. The molecule has 9 heteroatoms. The highest BCUT2D eigenvalue weighted by atomic mass is 35.5. The van der Waals surface area contributed by atoms with Crippen LogP contribution < -0.4 is 9.47 Å². The second-order valence-corrected chi connectivity index (χ2v) is 7.93. The third-order valence-corrected chi connectivity index (χ3v) is 5.50. The molecule has 164 valence electrons. The Bertz CT molecular complexity index is 1150. The number of rotatable bonds is 8. The summed E-state index contributed by atoms with van der Waals surface area (Å²) < 4.78 is 11.5. The quantitative estimate of drug-likeness (QED) is 0.441. The molecule has 0 saturated carbocycles. The summed E-state index contributed by atoms with van der Waals surface area (Å²) in [4.78, 5) is 36.7. The van der Waals surface area contributed by atoms with Crippen molar-refractivity contribution in [1.29, 1.82) is 0 Å². The summed E-state index contributed by atoms with van der Waals surface area (Å²) in [5.74, 6) is 1.42. The molecule has 32 heavy (non-hydrogen) atoms. The number of terminal acetylenes is 1. The molecule has 2 aromatic rings. The van der Waals surface area contributed by atoms with Crippen molar-refractivity contribution in [1.82, 2.24) is 4.90 Å². The normalized spacial score (nSPS) is 14.5. The van der Waals surface area contributed by atoms with Crippen molar-refractivity contribution >= 4 is 46.6 Å². The van der Waals surface area contributed by atoms with E-state index in [-0.39, 0.29) is 34.4 Å². The Morgan fingerprint density at radius 1 is 1.28 bits per heavy atom. The maximum atomic E-state index is 12.4. The number of ether oxygens (including phenoxy) is 2. The number of nitrogens with zero attached hydrogens (tertiary/aromatic N) is 1. The molecule has 1 heterocycles. The minimum absolute atomic E-state index is 0.0746. The monoisotopic (exact) mass is 471 g/mol. The standard InChI is InChI=1S/C23H18ClNO6S/c1-3-8-25-21(26)19(32-23(25)29)12-15-10-17(24)20(18(11-15)30-4-2)31-13-14-6-5-7-16(9-14)22(27)28/h1,5-7,9-12H,4,8,13H2,2H3,(H,27,28)/b19-12+. The molecular weight excluding hydrogens is 454 g/mol. The van der Waals surface area contributed by atoms with Crippen LogP contribution in [-0.4, -0.2) is 40.3 Å². The van der Waals surface area contributed by atoms with E-state index in [2.05, 4.69) is 5.92 Å².